The number of ether oxygens (including phenoxy) is 2. The van der Waals surface area contributed by atoms with Crippen molar-refractivity contribution < 1.29 is 23.9 Å². The number of aromatic amines is 1. The van der Waals surface area contributed by atoms with Gasteiger partial charge in [0.1, 0.15) is 5.75 Å². The molecule has 3 N–H and O–H groups in total. The summed E-state index contributed by atoms with van der Waals surface area (Å²) in [5, 5.41) is 5.82. The maximum atomic E-state index is 13.0. The van der Waals surface area contributed by atoms with Gasteiger partial charge in [-0.2, -0.15) is 0 Å². The van der Waals surface area contributed by atoms with Crippen molar-refractivity contribution in [3.05, 3.63) is 40.7 Å². The summed E-state index contributed by atoms with van der Waals surface area (Å²) in [6, 6.07) is 4.49. The second-order valence-electron chi connectivity index (χ2n) is 6.67. The van der Waals surface area contributed by atoms with Crippen LogP contribution in [0, 0.1) is 13.8 Å². The minimum atomic E-state index is -0.622. The Hall–Kier alpha value is -3.29. The zero-order valence-electron chi connectivity index (χ0n) is 17.6. The lowest BCUT2D eigenvalue weighted by Crippen LogP contribution is -2.27. The number of esters is 1. The molecule has 0 radical (unpaired) electrons. The number of H-pyrrole nitrogens is 1. The molecule has 29 heavy (non-hydrogen) atoms. The normalized spacial score (nSPS) is 11.5. The van der Waals surface area contributed by atoms with Crippen LogP contribution in [0.1, 0.15) is 52.9 Å². The van der Waals surface area contributed by atoms with Crippen LogP contribution < -0.4 is 15.4 Å². The fourth-order valence-corrected chi connectivity index (χ4v) is 3.12. The number of Topliss-reactive ketones (excluding diaryl/α,β-unsaturated/α-hetero) is 1. The molecule has 0 saturated heterocycles. The molecule has 0 bridgehead atoms. The average Bonchev–Trinajstić information content (AvgIpc) is 2.95. The first kappa shape index (κ1) is 22.0. The number of rotatable bonds is 8. The molecular formula is C21H27N3O5. The number of ketones is 1. The van der Waals surface area contributed by atoms with Crippen molar-refractivity contribution in [3.63, 3.8) is 0 Å². The predicted molar refractivity (Wildman–Crippen MR) is 111 cm³/mol. The number of hydrogen-bond acceptors (Lipinski definition) is 6. The molecule has 8 nitrogen and oxygen atoms in total. The molecule has 1 aromatic heterocycles. The Labute approximate surface area is 170 Å². The number of carbonyl (C=O) groups excluding carboxylic acids is 3. The molecule has 8 heteroatoms. The van der Waals surface area contributed by atoms with Gasteiger partial charge in [-0.25, -0.2) is 4.79 Å². The molecule has 1 atom stereocenters. The van der Waals surface area contributed by atoms with Crippen LogP contribution in [0.5, 0.6) is 5.75 Å². The fraction of sp³-hybridized carbons (Fsp3) is 0.381. The lowest BCUT2D eigenvalue weighted by Gasteiger charge is -2.18. The van der Waals surface area contributed by atoms with Crippen LogP contribution in [0.3, 0.4) is 0 Å². The minimum absolute atomic E-state index is 0.200. The Morgan fingerprint density at radius 3 is 2.48 bits per heavy atom. The van der Waals surface area contributed by atoms with Gasteiger partial charge in [-0.15, -0.1) is 0 Å². The number of nitrogens with one attached hydrogen (secondary N) is 3. The zero-order valence-corrected chi connectivity index (χ0v) is 17.6. The summed E-state index contributed by atoms with van der Waals surface area (Å²) in [4.78, 5) is 39.5. The molecule has 0 aliphatic carbocycles. The summed E-state index contributed by atoms with van der Waals surface area (Å²) >= 11 is 0. The van der Waals surface area contributed by atoms with E-state index in [0.29, 0.717) is 39.6 Å². The second kappa shape index (κ2) is 9.27. The van der Waals surface area contributed by atoms with Gasteiger partial charge in [0, 0.05) is 18.3 Å². The van der Waals surface area contributed by atoms with Crippen LogP contribution in [-0.2, 0) is 9.53 Å². The fourth-order valence-electron chi connectivity index (χ4n) is 3.12. The lowest BCUT2D eigenvalue weighted by molar-refractivity contribution is -0.114. The summed E-state index contributed by atoms with van der Waals surface area (Å²) in [7, 11) is 1.52. The summed E-state index contributed by atoms with van der Waals surface area (Å²) in [6.07, 6.45) is 0. The molecule has 0 aliphatic heterocycles. The number of amides is 1. The van der Waals surface area contributed by atoms with Crippen LogP contribution in [0.25, 0.3) is 0 Å². The third-order valence-corrected chi connectivity index (χ3v) is 4.45. The van der Waals surface area contributed by atoms with Crippen molar-refractivity contribution in [2.24, 2.45) is 0 Å². The highest BCUT2D eigenvalue weighted by Gasteiger charge is 2.26. The monoisotopic (exact) mass is 401 g/mol. The van der Waals surface area contributed by atoms with E-state index in [9.17, 15) is 14.4 Å². The van der Waals surface area contributed by atoms with Gasteiger partial charge >= 0.3 is 5.97 Å². The Balaban J connectivity index is 2.29. The van der Waals surface area contributed by atoms with Gasteiger partial charge in [0.05, 0.1) is 36.7 Å². The second-order valence-corrected chi connectivity index (χ2v) is 6.67. The highest BCUT2D eigenvalue weighted by molar-refractivity contribution is 6.05. The Bertz CT molecular complexity index is 933. The summed E-state index contributed by atoms with van der Waals surface area (Å²) < 4.78 is 10.4. The van der Waals surface area contributed by atoms with E-state index in [-0.39, 0.29) is 18.3 Å². The first-order valence-corrected chi connectivity index (χ1v) is 9.32. The summed E-state index contributed by atoms with van der Waals surface area (Å²) in [6.45, 7) is 8.57. The number of anilines is 2. The van der Waals surface area contributed by atoms with Crippen LogP contribution in [0.4, 0.5) is 11.4 Å². The topological polar surface area (TPSA) is 110 Å². The van der Waals surface area contributed by atoms with Crippen molar-refractivity contribution in [3.8, 4) is 5.75 Å². The maximum Gasteiger partial charge on any atom is 0.340 e. The van der Waals surface area contributed by atoms with Crippen molar-refractivity contribution in [1.29, 1.82) is 0 Å². The van der Waals surface area contributed by atoms with Gasteiger partial charge in [0.2, 0.25) is 11.7 Å². The lowest BCUT2D eigenvalue weighted by atomic mass is 10.0. The number of aromatic nitrogens is 1. The van der Waals surface area contributed by atoms with Crippen LogP contribution in [-0.4, -0.2) is 42.4 Å². The van der Waals surface area contributed by atoms with Gasteiger partial charge in [-0.3, -0.25) is 9.59 Å². The molecule has 0 aliphatic rings. The quantitative estimate of drug-likeness (QED) is 0.462. The van der Waals surface area contributed by atoms with Crippen LogP contribution >= 0.6 is 0 Å². The smallest absolute Gasteiger partial charge is 0.340 e. The summed E-state index contributed by atoms with van der Waals surface area (Å²) in [5.41, 5.74) is 3.01. The van der Waals surface area contributed by atoms with E-state index in [1.165, 1.54) is 14.0 Å². The highest BCUT2D eigenvalue weighted by Crippen LogP contribution is 2.29. The molecule has 0 unspecified atom stereocenters. The van der Waals surface area contributed by atoms with E-state index in [1.807, 2.05) is 0 Å². The van der Waals surface area contributed by atoms with Crippen molar-refractivity contribution in [2.45, 2.75) is 40.7 Å². The zero-order chi connectivity index (χ0) is 21.7. The van der Waals surface area contributed by atoms with E-state index in [0.717, 1.165) is 0 Å². The van der Waals surface area contributed by atoms with Gasteiger partial charge in [-0.05, 0) is 51.5 Å². The van der Waals surface area contributed by atoms with Crippen LogP contribution in [0.15, 0.2) is 18.2 Å². The van der Waals surface area contributed by atoms with E-state index in [4.69, 9.17) is 9.47 Å². The molecular weight excluding hydrogens is 374 g/mol. The van der Waals surface area contributed by atoms with Crippen molar-refractivity contribution in [1.82, 2.24) is 4.98 Å². The van der Waals surface area contributed by atoms with Crippen LogP contribution in [0.2, 0.25) is 0 Å². The number of hydrogen-bond donors (Lipinski definition) is 3. The molecule has 156 valence electrons. The summed E-state index contributed by atoms with van der Waals surface area (Å²) in [5.74, 6) is -0.337. The SMILES string of the molecule is CCOC(=O)c1c(C)[nH]c(C(=O)[C@H](C)Nc2cc(NC(C)=O)ccc2OC)c1C. The van der Waals surface area contributed by atoms with Crippen molar-refractivity contribution in [2.75, 3.05) is 24.4 Å². The Morgan fingerprint density at radius 1 is 1.21 bits per heavy atom. The first-order valence-electron chi connectivity index (χ1n) is 9.32. The number of methoxy groups -OCH3 is 1. The Morgan fingerprint density at radius 2 is 1.90 bits per heavy atom. The predicted octanol–water partition coefficient (Wildman–Crippen LogP) is 3.46. The molecule has 1 heterocycles. The van der Waals surface area contributed by atoms with E-state index in [1.54, 1.807) is 45.9 Å². The number of benzene rings is 1. The molecule has 0 saturated carbocycles. The largest absolute Gasteiger partial charge is 0.495 e. The molecule has 0 spiro atoms. The number of carbonyl (C=O) groups is 3. The van der Waals surface area contributed by atoms with Crippen molar-refractivity contribution >= 4 is 29.0 Å². The maximum absolute atomic E-state index is 13.0. The molecule has 2 rings (SSSR count). The van der Waals surface area contributed by atoms with Gasteiger partial charge < -0.3 is 25.1 Å². The molecule has 1 aromatic carbocycles. The third-order valence-electron chi connectivity index (χ3n) is 4.45. The minimum Gasteiger partial charge on any atom is -0.495 e. The standard InChI is InChI=1S/C21H27N3O5/c1-7-29-21(27)18-11(2)19(23-12(18)3)20(26)13(4)22-16-10-15(24-14(5)25)8-9-17(16)28-6/h8-10,13,22-23H,7H2,1-6H3,(H,24,25)/t13-/m0/s1. The molecule has 2 aromatic rings. The average molecular weight is 401 g/mol. The van der Waals surface area contributed by atoms with E-state index >= 15 is 0 Å². The van der Waals surface area contributed by atoms with E-state index in [2.05, 4.69) is 15.6 Å². The highest BCUT2D eigenvalue weighted by atomic mass is 16.5. The van der Waals surface area contributed by atoms with E-state index < -0.39 is 12.0 Å². The van der Waals surface area contributed by atoms with Gasteiger partial charge in [-0.1, -0.05) is 0 Å². The number of aryl methyl sites for hydroxylation is 1. The molecule has 1 amide bonds. The third kappa shape index (κ3) is 4.96. The van der Waals surface area contributed by atoms with Gasteiger partial charge in [0.25, 0.3) is 0 Å². The van der Waals surface area contributed by atoms with Gasteiger partial charge in [0.15, 0.2) is 0 Å². The first-order chi connectivity index (χ1) is 13.7. The molecule has 0 fully saturated rings. The Kier molecular flexibility index (Phi) is 7.03.